The number of cyclic esters (lactones) is 1. The molecule has 0 aliphatic carbocycles. The number of esters is 2. The fraction of sp³-hybridized carbons (Fsp3) is 0.688. The second-order valence-corrected chi connectivity index (χ2v) is 6.99. The summed E-state index contributed by atoms with van der Waals surface area (Å²) in [6, 6.07) is 0. The van der Waals surface area contributed by atoms with E-state index in [4.69, 9.17) is 28.4 Å². The van der Waals surface area contributed by atoms with Crippen LogP contribution in [0.15, 0.2) is 11.5 Å². The van der Waals surface area contributed by atoms with Gasteiger partial charge in [0.25, 0.3) is 5.76 Å². The molecule has 0 spiro atoms. The molecular weight excluding hydrogens is 463 g/mol. The fourth-order valence-electron chi connectivity index (χ4n) is 2.43. The number of halogens is 1. The van der Waals surface area contributed by atoms with Crippen LogP contribution in [0.4, 0.5) is 4.79 Å². The van der Waals surface area contributed by atoms with Gasteiger partial charge in [-0.15, -0.1) is 0 Å². The Morgan fingerprint density at radius 2 is 2.08 bits per heavy atom. The Morgan fingerprint density at radius 1 is 1.35 bits per heavy atom. The summed E-state index contributed by atoms with van der Waals surface area (Å²) in [4.78, 5) is 34.9. The van der Waals surface area contributed by atoms with Crippen LogP contribution < -0.4 is 0 Å². The van der Waals surface area contributed by atoms with Gasteiger partial charge in [-0.05, 0) is 20.3 Å². The third-order valence-electron chi connectivity index (χ3n) is 3.62. The van der Waals surface area contributed by atoms with Gasteiger partial charge in [0.05, 0.1) is 29.2 Å². The van der Waals surface area contributed by atoms with E-state index >= 15 is 0 Å². The van der Waals surface area contributed by atoms with Crippen LogP contribution in [0.5, 0.6) is 0 Å². The number of carbonyl (C=O) groups excluding carboxylic acids is 3. The van der Waals surface area contributed by atoms with E-state index in [-0.39, 0.29) is 24.5 Å². The van der Waals surface area contributed by atoms with Gasteiger partial charge in [-0.1, -0.05) is 13.3 Å². The molecular formula is C16H21IO9. The lowest BCUT2D eigenvalue weighted by atomic mass is 10.2. The van der Waals surface area contributed by atoms with Gasteiger partial charge in [0, 0.05) is 6.42 Å². The Hall–Kier alpha value is -1.40. The zero-order chi connectivity index (χ0) is 19.3. The van der Waals surface area contributed by atoms with E-state index in [1.807, 2.05) is 6.92 Å². The molecule has 0 bridgehead atoms. The van der Waals surface area contributed by atoms with Crippen molar-refractivity contribution >= 4 is 38.5 Å². The molecule has 2 heterocycles. The van der Waals surface area contributed by atoms with Crippen LogP contribution in [0, 0.1) is 0 Å². The van der Waals surface area contributed by atoms with Crippen LogP contribution in [0.2, 0.25) is 0 Å². The third-order valence-corrected chi connectivity index (χ3v) is 3.84. The van der Waals surface area contributed by atoms with Crippen molar-refractivity contribution in [2.75, 3.05) is 13.4 Å². The van der Waals surface area contributed by atoms with Gasteiger partial charge in [0.1, 0.15) is 6.10 Å². The van der Waals surface area contributed by atoms with E-state index in [9.17, 15) is 14.4 Å². The monoisotopic (exact) mass is 484 g/mol. The molecule has 2 unspecified atom stereocenters. The molecule has 0 aromatic rings. The van der Waals surface area contributed by atoms with Crippen LogP contribution >= 0.6 is 22.6 Å². The van der Waals surface area contributed by atoms with Crippen molar-refractivity contribution in [2.24, 2.45) is 0 Å². The van der Waals surface area contributed by atoms with Crippen molar-refractivity contribution in [1.82, 2.24) is 0 Å². The first-order valence-corrected chi connectivity index (χ1v) is 9.24. The van der Waals surface area contributed by atoms with Crippen molar-refractivity contribution in [3.63, 3.8) is 0 Å². The molecule has 0 N–H and O–H groups in total. The summed E-state index contributed by atoms with van der Waals surface area (Å²) in [7, 11) is 0. The lowest BCUT2D eigenvalue weighted by Crippen LogP contribution is -2.33. The predicted molar refractivity (Wildman–Crippen MR) is 93.9 cm³/mol. The molecule has 26 heavy (non-hydrogen) atoms. The van der Waals surface area contributed by atoms with E-state index in [2.05, 4.69) is 0 Å². The molecule has 0 aromatic heterocycles. The summed E-state index contributed by atoms with van der Waals surface area (Å²) in [5.41, 5.74) is 0. The highest BCUT2D eigenvalue weighted by Crippen LogP contribution is 2.34. The number of hydrogen-bond acceptors (Lipinski definition) is 9. The average molecular weight is 484 g/mol. The number of rotatable bonds is 8. The minimum absolute atomic E-state index is 0.0605. The van der Waals surface area contributed by atoms with Crippen molar-refractivity contribution in [3.8, 4) is 0 Å². The molecule has 2 aliphatic heterocycles. The number of carbonyl (C=O) groups is 3. The van der Waals surface area contributed by atoms with Crippen molar-refractivity contribution in [3.05, 3.63) is 11.5 Å². The molecule has 9 nitrogen and oxygen atoms in total. The van der Waals surface area contributed by atoms with Gasteiger partial charge in [-0.2, -0.15) is 0 Å². The van der Waals surface area contributed by atoms with Crippen molar-refractivity contribution < 1.29 is 42.8 Å². The summed E-state index contributed by atoms with van der Waals surface area (Å²) in [6.07, 6.45) is 0.206. The maximum absolute atomic E-state index is 12.0. The van der Waals surface area contributed by atoms with Crippen LogP contribution in [0.25, 0.3) is 0 Å². The summed E-state index contributed by atoms with van der Waals surface area (Å²) in [5.74, 6) is -2.58. The van der Waals surface area contributed by atoms with Crippen LogP contribution in [-0.2, 0) is 38.0 Å². The van der Waals surface area contributed by atoms with Crippen LogP contribution in [-0.4, -0.2) is 47.3 Å². The molecule has 0 radical (unpaired) electrons. The topological polar surface area (TPSA) is 107 Å². The average Bonchev–Trinajstić information content (AvgIpc) is 3.06. The highest BCUT2D eigenvalue weighted by atomic mass is 127. The maximum atomic E-state index is 12.0. The van der Waals surface area contributed by atoms with Gasteiger partial charge in [0.2, 0.25) is 6.79 Å². The molecule has 0 amide bonds. The second-order valence-electron chi connectivity index (χ2n) is 6.11. The molecule has 146 valence electrons. The van der Waals surface area contributed by atoms with Gasteiger partial charge in [-0.25, -0.2) is 9.59 Å². The van der Waals surface area contributed by atoms with E-state index in [0.717, 1.165) is 6.42 Å². The van der Waals surface area contributed by atoms with Crippen molar-refractivity contribution in [2.45, 2.75) is 58.0 Å². The van der Waals surface area contributed by atoms with Gasteiger partial charge < -0.3 is 28.4 Å². The number of hydrogen-bond donors (Lipinski definition) is 0. The number of unbranched alkanes of at least 4 members (excludes halogenated alkanes) is 1. The van der Waals surface area contributed by atoms with Gasteiger partial charge in [0.15, 0.2) is 17.7 Å². The first-order valence-electron chi connectivity index (χ1n) is 8.16. The number of ether oxygens (including phenoxy) is 6. The molecule has 1 saturated heterocycles. The third kappa shape index (κ3) is 5.55. The standard InChI is InChI=1S/C16H21IO9/c1-4-5-6-10(18)21-8-22-12-11(9-7-23-16(2,3)26-9)24-14(19)13(12)25-15(17)20/h9,11H,4-8H2,1-3H3. The van der Waals surface area contributed by atoms with E-state index in [1.54, 1.807) is 13.8 Å². The lowest BCUT2D eigenvalue weighted by molar-refractivity contribution is -0.167. The molecule has 2 rings (SSSR count). The molecule has 2 atom stereocenters. The normalized spacial score (nSPS) is 24.4. The molecule has 1 fully saturated rings. The SMILES string of the molecule is CCCCC(=O)OCOC1=C(OC(=O)I)C(=O)OC1C1COC(C)(C)O1. The maximum Gasteiger partial charge on any atom is 0.379 e. The predicted octanol–water partition coefficient (Wildman–Crippen LogP) is 2.55. The first-order chi connectivity index (χ1) is 12.2. The summed E-state index contributed by atoms with van der Waals surface area (Å²) in [5, 5.41) is 0. The van der Waals surface area contributed by atoms with E-state index in [1.165, 1.54) is 22.6 Å². The quantitative estimate of drug-likeness (QED) is 0.169. The Bertz CT molecular complexity index is 599. The first kappa shape index (κ1) is 20.9. The molecule has 0 saturated carbocycles. The van der Waals surface area contributed by atoms with Crippen LogP contribution in [0.1, 0.15) is 40.0 Å². The molecule has 0 aromatic carbocycles. The minimum Gasteiger partial charge on any atom is -0.453 e. The van der Waals surface area contributed by atoms with Gasteiger partial charge in [-0.3, -0.25) is 4.79 Å². The highest BCUT2D eigenvalue weighted by molar-refractivity contribution is 14.1. The summed E-state index contributed by atoms with van der Waals surface area (Å²) in [6.45, 7) is 5.10. The largest absolute Gasteiger partial charge is 0.453 e. The Kier molecular flexibility index (Phi) is 7.24. The Morgan fingerprint density at radius 3 is 2.65 bits per heavy atom. The smallest absolute Gasteiger partial charge is 0.379 e. The van der Waals surface area contributed by atoms with E-state index < -0.39 is 40.7 Å². The highest BCUT2D eigenvalue weighted by Gasteiger charge is 2.48. The fourth-order valence-corrected chi connectivity index (χ4v) is 2.65. The molecule has 2 aliphatic rings. The summed E-state index contributed by atoms with van der Waals surface area (Å²) >= 11 is 1.38. The van der Waals surface area contributed by atoms with E-state index in [0.29, 0.717) is 6.42 Å². The lowest BCUT2D eigenvalue weighted by Gasteiger charge is -2.21. The summed E-state index contributed by atoms with van der Waals surface area (Å²) < 4.78 is 30.9. The molecule has 10 heteroatoms. The minimum atomic E-state index is -0.968. The second kappa shape index (κ2) is 9.00. The zero-order valence-electron chi connectivity index (χ0n) is 14.7. The zero-order valence-corrected chi connectivity index (χ0v) is 16.9. The Labute approximate surface area is 164 Å². The van der Waals surface area contributed by atoms with Gasteiger partial charge >= 0.3 is 15.9 Å². The van der Waals surface area contributed by atoms with Crippen LogP contribution in [0.3, 0.4) is 0 Å². The Balaban J connectivity index is 2.08. The van der Waals surface area contributed by atoms with Crippen molar-refractivity contribution in [1.29, 1.82) is 0 Å².